The molecule has 0 aromatic heterocycles. The molecule has 166 valence electrons. The van der Waals surface area contributed by atoms with E-state index in [0.29, 0.717) is 56.8 Å². The molecule has 0 unspecified atom stereocenters. The van der Waals surface area contributed by atoms with Gasteiger partial charge >= 0.3 is 17.9 Å². The lowest BCUT2D eigenvalue weighted by Crippen LogP contribution is -2.28. The lowest BCUT2D eigenvalue weighted by Gasteiger charge is -2.24. The van der Waals surface area contributed by atoms with Gasteiger partial charge in [0.2, 0.25) is 0 Å². The molecule has 0 atom stereocenters. The van der Waals surface area contributed by atoms with Gasteiger partial charge in [-0.15, -0.1) is 0 Å². The number of carboxylic acid groups (broad SMARTS) is 1. The topological polar surface area (TPSA) is 99.1 Å². The van der Waals surface area contributed by atoms with E-state index in [1.165, 1.54) is 0 Å². The van der Waals surface area contributed by atoms with E-state index in [4.69, 9.17) is 19.3 Å². The van der Waals surface area contributed by atoms with E-state index in [9.17, 15) is 14.4 Å². The van der Waals surface area contributed by atoms with E-state index >= 15 is 0 Å². The lowest BCUT2D eigenvalue weighted by molar-refractivity contribution is -0.146. The summed E-state index contributed by atoms with van der Waals surface area (Å²) < 4.78 is 16.2. The number of esters is 2. The summed E-state index contributed by atoms with van der Waals surface area (Å²) in [6, 6.07) is 6.96. The van der Waals surface area contributed by atoms with Crippen molar-refractivity contribution in [3.8, 4) is 11.5 Å². The van der Waals surface area contributed by atoms with Crippen molar-refractivity contribution >= 4 is 17.9 Å². The second-order valence-corrected chi connectivity index (χ2v) is 7.62. The Hall–Kier alpha value is -2.57. The van der Waals surface area contributed by atoms with E-state index in [1.54, 1.807) is 31.2 Å². The van der Waals surface area contributed by atoms with Crippen LogP contribution < -0.4 is 9.47 Å². The number of hydrogen-bond donors (Lipinski definition) is 1. The van der Waals surface area contributed by atoms with Crippen LogP contribution in [0.25, 0.3) is 0 Å². The van der Waals surface area contributed by atoms with Crippen molar-refractivity contribution in [3.63, 3.8) is 0 Å². The van der Waals surface area contributed by atoms with E-state index in [1.807, 2.05) is 0 Å². The number of hydrogen-bond acceptors (Lipinski definition) is 6. The van der Waals surface area contributed by atoms with Crippen LogP contribution in [-0.4, -0.2) is 36.2 Å². The molecule has 0 radical (unpaired) electrons. The van der Waals surface area contributed by atoms with Gasteiger partial charge in [-0.25, -0.2) is 0 Å². The second kappa shape index (κ2) is 12.9. The third-order valence-corrected chi connectivity index (χ3v) is 5.31. The van der Waals surface area contributed by atoms with Crippen LogP contribution in [0, 0.1) is 11.8 Å². The largest absolute Gasteiger partial charge is 0.494 e. The molecule has 1 aromatic carbocycles. The Morgan fingerprint density at radius 1 is 0.867 bits per heavy atom. The molecule has 0 spiro atoms. The number of carboxylic acids is 1. The summed E-state index contributed by atoms with van der Waals surface area (Å²) in [6.45, 7) is 2.86. The fourth-order valence-corrected chi connectivity index (χ4v) is 3.42. The molecule has 2 rings (SSSR count). The SMILES string of the molecule is CCC(=O)OCCCCCCOc1ccc(OC(=O)C2CCC(C(=O)O)CC2)cc1. The van der Waals surface area contributed by atoms with E-state index in [-0.39, 0.29) is 23.8 Å². The number of carbonyl (C=O) groups excluding carboxylic acids is 2. The first kappa shape index (κ1) is 23.7. The lowest BCUT2D eigenvalue weighted by atomic mass is 9.82. The van der Waals surface area contributed by atoms with Crippen LogP contribution in [0.3, 0.4) is 0 Å². The summed E-state index contributed by atoms with van der Waals surface area (Å²) >= 11 is 0. The molecule has 1 aliphatic rings. The van der Waals surface area contributed by atoms with Crippen molar-refractivity contribution < 1.29 is 33.7 Å². The number of unbranched alkanes of at least 4 members (excludes halogenated alkanes) is 3. The van der Waals surface area contributed by atoms with Crippen LogP contribution in [0.1, 0.15) is 64.7 Å². The van der Waals surface area contributed by atoms with Crippen molar-refractivity contribution in [1.29, 1.82) is 0 Å². The highest BCUT2D eigenvalue weighted by Crippen LogP contribution is 2.30. The highest BCUT2D eigenvalue weighted by atomic mass is 16.5. The number of aliphatic carboxylic acids is 1. The molecule has 1 saturated carbocycles. The standard InChI is InChI=1S/C23H32O7/c1-2-21(24)29-16-6-4-3-5-15-28-19-11-13-20(14-12-19)30-23(27)18-9-7-17(8-10-18)22(25)26/h11-14,17-18H,2-10,15-16H2,1H3,(H,25,26). The van der Waals surface area contributed by atoms with Crippen molar-refractivity contribution in [2.75, 3.05) is 13.2 Å². The Bertz CT molecular complexity index is 675. The predicted molar refractivity (Wildman–Crippen MR) is 110 cm³/mol. The predicted octanol–water partition coefficient (Wildman–Crippen LogP) is 4.38. The minimum absolute atomic E-state index is 0.155. The summed E-state index contributed by atoms with van der Waals surface area (Å²) in [5.74, 6) is -0.626. The smallest absolute Gasteiger partial charge is 0.314 e. The molecule has 0 saturated heterocycles. The number of carbonyl (C=O) groups is 3. The van der Waals surface area contributed by atoms with E-state index in [0.717, 1.165) is 25.7 Å². The minimum Gasteiger partial charge on any atom is -0.494 e. The van der Waals surface area contributed by atoms with Gasteiger partial charge in [0, 0.05) is 6.42 Å². The maximum absolute atomic E-state index is 12.3. The zero-order chi connectivity index (χ0) is 21.8. The molecule has 30 heavy (non-hydrogen) atoms. The first-order valence-corrected chi connectivity index (χ1v) is 10.8. The Labute approximate surface area is 177 Å². The normalized spacial score (nSPS) is 18.4. The van der Waals surface area contributed by atoms with Crippen LogP contribution in [0.5, 0.6) is 11.5 Å². The first-order valence-electron chi connectivity index (χ1n) is 10.8. The maximum Gasteiger partial charge on any atom is 0.314 e. The molecule has 7 heteroatoms. The van der Waals surface area contributed by atoms with Gasteiger partial charge in [0.25, 0.3) is 0 Å². The Morgan fingerprint density at radius 3 is 2.03 bits per heavy atom. The van der Waals surface area contributed by atoms with Crippen LogP contribution in [0.4, 0.5) is 0 Å². The third-order valence-electron chi connectivity index (χ3n) is 5.31. The van der Waals surface area contributed by atoms with Gasteiger partial charge in [0.05, 0.1) is 25.0 Å². The summed E-state index contributed by atoms with van der Waals surface area (Å²) in [5, 5.41) is 9.03. The van der Waals surface area contributed by atoms with Gasteiger partial charge in [-0.2, -0.15) is 0 Å². The number of benzene rings is 1. The van der Waals surface area contributed by atoms with Crippen LogP contribution >= 0.6 is 0 Å². The molecular formula is C23H32O7. The van der Waals surface area contributed by atoms with Crippen molar-refractivity contribution in [2.24, 2.45) is 11.8 Å². The first-order chi connectivity index (χ1) is 14.5. The Balaban J connectivity index is 1.59. The quantitative estimate of drug-likeness (QED) is 0.304. The number of ether oxygens (including phenoxy) is 3. The third kappa shape index (κ3) is 8.43. The van der Waals surface area contributed by atoms with Crippen LogP contribution in [0.15, 0.2) is 24.3 Å². The fraction of sp³-hybridized carbons (Fsp3) is 0.609. The van der Waals surface area contributed by atoms with Crippen LogP contribution in [0.2, 0.25) is 0 Å². The van der Waals surface area contributed by atoms with Crippen molar-refractivity contribution in [3.05, 3.63) is 24.3 Å². The van der Waals surface area contributed by atoms with Crippen molar-refractivity contribution in [2.45, 2.75) is 64.7 Å². The molecule has 1 aromatic rings. The van der Waals surface area contributed by atoms with E-state index < -0.39 is 5.97 Å². The number of rotatable bonds is 12. The minimum atomic E-state index is -0.783. The van der Waals surface area contributed by atoms with Crippen LogP contribution in [-0.2, 0) is 19.1 Å². The van der Waals surface area contributed by atoms with Gasteiger partial charge in [-0.05, 0) is 75.6 Å². The molecule has 7 nitrogen and oxygen atoms in total. The zero-order valence-electron chi connectivity index (χ0n) is 17.6. The average molecular weight is 421 g/mol. The fourth-order valence-electron chi connectivity index (χ4n) is 3.42. The molecule has 1 fully saturated rings. The summed E-state index contributed by atoms with van der Waals surface area (Å²) in [4.78, 5) is 34.3. The summed E-state index contributed by atoms with van der Waals surface area (Å²) in [5.41, 5.74) is 0. The maximum atomic E-state index is 12.3. The highest BCUT2D eigenvalue weighted by molar-refractivity contribution is 5.76. The van der Waals surface area contributed by atoms with Gasteiger partial charge in [0.1, 0.15) is 11.5 Å². The monoisotopic (exact) mass is 420 g/mol. The molecule has 1 N–H and O–H groups in total. The second-order valence-electron chi connectivity index (χ2n) is 7.62. The Kier molecular flexibility index (Phi) is 10.2. The molecule has 0 amide bonds. The zero-order valence-corrected chi connectivity index (χ0v) is 17.6. The summed E-state index contributed by atoms with van der Waals surface area (Å²) in [6.07, 6.45) is 6.33. The molecular weight excluding hydrogens is 388 g/mol. The van der Waals surface area contributed by atoms with E-state index in [2.05, 4.69) is 0 Å². The molecule has 0 aliphatic heterocycles. The summed E-state index contributed by atoms with van der Waals surface area (Å²) in [7, 11) is 0. The molecule has 1 aliphatic carbocycles. The van der Waals surface area contributed by atoms with Gasteiger partial charge in [-0.1, -0.05) is 6.92 Å². The van der Waals surface area contributed by atoms with Gasteiger partial charge < -0.3 is 19.3 Å². The molecule has 0 heterocycles. The molecule has 0 bridgehead atoms. The Morgan fingerprint density at radius 2 is 1.43 bits per heavy atom. The van der Waals surface area contributed by atoms with Gasteiger partial charge in [-0.3, -0.25) is 14.4 Å². The highest BCUT2D eigenvalue weighted by Gasteiger charge is 2.30. The van der Waals surface area contributed by atoms with Gasteiger partial charge in [0.15, 0.2) is 0 Å². The van der Waals surface area contributed by atoms with Crippen molar-refractivity contribution in [1.82, 2.24) is 0 Å². The average Bonchev–Trinajstić information content (AvgIpc) is 2.76.